The van der Waals surface area contributed by atoms with Crippen LogP contribution in [0.2, 0.25) is 0 Å². The Morgan fingerprint density at radius 2 is 1.52 bits per heavy atom. The van der Waals surface area contributed by atoms with Crippen molar-refractivity contribution in [3.05, 3.63) is 71.8 Å². The van der Waals surface area contributed by atoms with Gasteiger partial charge in [-0.15, -0.1) is 0 Å². The molecule has 4 atom stereocenters. The van der Waals surface area contributed by atoms with Crippen molar-refractivity contribution in [1.82, 2.24) is 0 Å². The zero-order chi connectivity index (χ0) is 17.5. The van der Waals surface area contributed by atoms with E-state index in [2.05, 4.69) is 0 Å². The molecule has 1 aliphatic heterocycles. The fourth-order valence-corrected chi connectivity index (χ4v) is 2.97. The Bertz CT molecular complexity index is 622. The average molecular weight is 343 g/mol. The van der Waals surface area contributed by atoms with Crippen LogP contribution in [0.15, 0.2) is 60.7 Å². The topological polar surface area (TPSA) is 73.9 Å². The molecule has 0 amide bonds. The monoisotopic (exact) mass is 343 g/mol. The lowest BCUT2D eigenvalue weighted by molar-refractivity contribution is -0.0796. The number of hydrogen-bond donors (Lipinski definition) is 2. The van der Waals surface area contributed by atoms with Gasteiger partial charge in [-0.3, -0.25) is 0 Å². The molecule has 0 saturated carbocycles. The van der Waals surface area contributed by atoms with Gasteiger partial charge in [0.05, 0.1) is 32.5 Å². The quantitative estimate of drug-likeness (QED) is 0.765. The van der Waals surface area contributed by atoms with Crippen LogP contribution in [0.3, 0.4) is 0 Å². The fourth-order valence-electron chi connectivity index (χ4n) is 2.97. The smallest absolute Gasteiger partial charge is 0.114 e. The molecule has 5 nitrogen and oxygen atoms in total. The third-order valence-corrected chi connectivity index (χ3v) is 4.37. The van der Waals surface area contributed by atoms with Crippen LogP contribution in [0.5, 0.6) is 0 Å². The van der Waals surface area contributed by atoms with Gasteiger partial charge >= 0.3 is 0 Å². The summed E-state index contributed by atoms with van der Waals surface area (Å²) in [7, 11) is 0. The average Bonchev–Trinajstić information content (AvgIpc) is 3.08. The first-order valence-corrected chi connectivity index (χ1v) is 8.57. The number of nitrogens with two attached hydrogens (primary N) is 1. The van der Waals surface area contributed by atoms with E-state index in [0.717, 1.165) is 11.1 Å². The second kappa shape index (κ2) is 9.08. The van der Waals surface area contributed by atoms with E-state index in [0.29, 0.717) is 19.8 Å². The van der Waals surface area contributed by atoms with Crippen LogP contribution in [0.4, 0.5) is 0 Å². The maximum Gasteiger partial charge on any atom is 0.114 e. The van der Waals surface area contributed by atoms with Crippen LogP contribution >= 0.6 is 0 Å². The summed E-state index contributed by atoms with van der Waals surface area (Å²) in [4.78, 5) is 0. The summed E-state index contributed by atoms with van der Waals surface area (Å²) in [5.41, 5.74) is 8.17. The van der Waals surface area contributed by atoms with Gasteiger partial charge in [-0.2, -0.15) is 0 Å². The van der Waals surface area contributed by atoms with Crippen molar-refractivity contribution in [2.24, 2.45) is 5.73 Å². The Hall–Kier alpha value is -1.76. The molecular weight excluding hydrogens is 318 g/mol. The summed E-state index contributed by atoms with van der Waals surface area (Å²) in [5, 5.41) is 9.39. The van der Waals surface area contributed by atoms with Gasteiger partial charge in [0.1, 0.15) is 18.3 Å². The number of benzene rings is 2. The molecule has 0 aromatic heterocycles. The van der Waals surface area contributed by atoms with Gasteiger partial charge in [0.25, 0.3) is 0 Å². The van der Waals surface area contributed by atoms with Crippen LogP contribution in [0, 0.1) is 0 Å². The zero-order valence-electron chi connectivity index (χ0n) is 14.2. The number of ether oxygens (including phenoxy) is 3. The summed E-state index contributed by atoms with van der Waals surface area (Å²) in [5.74, 6) is 0. The number of hydrogen-bond acceptors (Lipinski definition) is 5. The highest BCUT2D eigenvalue weighted by molar-refractivity contribution is 5.14. The van der Waals surface area contributed by atoms with Crippen molar-refractivity contribution in [3.63, 3.8) is 0 Å². The minimum Gasteiger partial charge on any atom is -0.395 e. The van der Waals surface area contributed by atoms with Gasteiger partial charge in [-0.25, -0.2) is 0 Å². The molecule has 1 aliphatic rings. The van der Waals surface area contributed by atoms with E-state index in [-0.39, 0.29) is 24.9 Å². The Kier molecular flexibility index (Phi) is 6.55. The first kappa shape index (κ1) is 18.0. The Balaban J connectivity index is 1.63. The van der Waals surface area contributed by atoms with Crippen molar-refractivity contribution in [2.45, 2.75) is 37.6 Å². The van der Waals surface area contributed by atoms with Crippen molar-refractivity contribution < 1.29 is 19.3 Å². The predicted octanol–water partition coefficient (Wildman–Crippen LogP) is 1.88. The molecule has 134 valence electrons. The van der Waals surface area contributed by atoms with E-state index in [1.165, 1.54) is 0 Å². The Labute approximate surface area is 148 Å². The molecule has 0 aliphatic carbocycles. The normalized spacial score (nSPS) is 24.3. The van der Waals surface area contributed by atoms with Crippen molar-refractivity contribution >= 4 is 0 Å². The van der Waals surface area contributed by atoms with E-state index in [9.17, 15) is 5.11 Å². The molecule has 0 bridgehead atoms. The van der Waals surface area contributed by atoms with Gasteiger partial charge in [0, 0.05) is 0 Å². The first-order chi connectivity index (χ1) is 12.3. The maximum absolute atomic E-state index is 9.39. The molecule has 1 heterocycles. The van der Waals surface area contributed by atoms with Crippen molar-refractivity contribution in [2.75, 3.05) is 13.2 Å². The lowest BCUT2D eigenvalue weighted by Gasteiger charge is -2.26. The minimum absolute atomic E-state index is 0.152. The molecule has 5 heteroatoms. The van der Waals surface area contributed by atoms with E-state index < -0.39 is 6.04 Å². The molecule has 1 fully saturated rings. The van der Waals surface area contributed by atoms with E-state index in [1.807, 2.05) is 60.7 Å². The summed E-state index contributed by atoms with van der Waals surface area (Å²) in [6, 6.07) is 19.4. The van der Waals surface area contributed by atoms with Crippen LogP contribution in [-0.2, 0) is 27.4 Å². The Morgan fingerprint density at radius 1 is 0.960 bits per heavy atom. The molecule has 2 aromatic carbocycles. The summed E-state index contributed by atoms with van der Waals surface area (Å²) in [6.45, 7) is 1.20. The number of aliphatic hydroxyl groups is 1. The third kappa shape index (κ3) is 4.87. The van der Waals surface area contributed by atoms with Crippen LogP contribution in [0.25, 0.3) is 0 Å². The number of aliphatic hydroxyl groups excluding tert-OH is 1. The lowest BCUT2D eigenvalue weighted by atomic mass is 10.0. The fraction of sp³-hybridized carbons (Fsp3) is 0.400. The third-order valence-electron chi connectivity index (χ3n) is 4.37. The molecule has 3 N–H and O–H groups in total. The van der Waals surface area contributed by atoms with E-state index in [1.54, 1.807) is 0 Å². The molecular formula is C20H25NO4. The molecule has 2 unspecified atom stereocenters. The molecule has 3 rings (SSSR count). The van der Waals surface area contributed by atoms with Crippen molar-refractivity contribution in [1.29, 1.82) is 0 Å². The first-order valence-electron chi connectivity index (χ1n) is 8.57. The second-order valence-electron chi connectivity index (χ2n) is 6.24. The van der Waals surface area contributed by atoms with E-state index in [4.69, 9.17) is 19.9 Å². The number of rotatable bonds is 8. The Morgan fingerprint density at radius 3 is 2.08 bits per heavy atom. The van der Waals surface area contributed by atoms with Crippen LogP contribution in [0.1, 0.15) is 11.1 Å². The minimum atomic E-state index is -0.494. The summed E-state index contributed by atoms with van der Waals surface area (Å²) in [6.07, 6.45) is -0.910. The largest absolute Gasteiger partial charge is 0.395 e. The van der Waals surface area contributed by atoms with Crippen LogP contribution in [-0.4, -0.2) is 42.7 Å². The highest BCUT2D eigenvalue weighted by Crippen LogP contribution is 2.24. The summed E-state index contributed by atoms with van der Waals surface area (Å²) < 4.78 is 17.9. The molecule has 0 spiro atoms. The highest BCUT2D eigenvalue weighted by Gasteiger charge is 2.42. The van der Waals surface area contributed by atoms with Gasteiger partial charge in [-0.1, -0.05) is 60.7 Å². The van der Waals surface area contributed by atoms with Gasteiger partial charge in [-0.05, 0) is 11.1 Å². The molecule has 0 radical (unpaired) electrons. The van der Waals surface area contributed by atoms with Gasteiger partial charge in [0.15, 0.2) is 0 Å². The lowest BCUT2D eigenvalue weighted by Crippen LogP contribution is -2.47. The SMILES string of the molecule is NC(CO)C1OC[C@@H](OCc2ccccc2)[C@@H]1OCc1ccccc1. The van der Waals surface area contributed by atoms with Crippen molar-refractivity contribution in [3.8, 4) is 0 Å². The zero-order valence-corrected chi connectivity index (χ0v) is 14.2. The second-order valence-corrected chi connectivity index (χ2v) is 6.24. The van der Waals surface area contributed by atoms with Gasteiger partial charge < -0.3 is 25.1 Å². The van der Waals surface area contributed by atoms with E-state index >= 15 is 0 Å². The molecule has 25 heavy (non-hydrogen) atoms. The standard InChI is InChI=1S/C20H25NO4/c21-17(11-22)19-20(24-13-16-9-5-2-6-10-16)18(14-25-19)23-12-15-7-3-1-4-8-15/h1-10,17-20,22H,11-14,21H2/t17?,18-,19?,20+/m1/s1. The molecule has 2 aromatic rings. The molecule has 1 saturated heterocycles. The predicted molar refractivity (Wildman–Crippen MR) is 94.8 cm³/mol. The highest BCUT2D eigenvalue weighted by atomic mass is 16.6. The van der Waals surface area contributed by atoms with Crippen LogP contribution < -0.4 is 5.73 Å². The maximum atomic E-state index is 9.39. The summed E-state index contributed by atoms with van der Waals surface area (Å²) >= 11 is 0. The van der Waals surface area contributed by atoms with Gasteiger partial charge in [0.2, 0.25) is 0 Å².